The van der Waals surface area contributed by atoms with E-state index < -0.39 is 0 Å². The van der Waals surface area contributed by atoms with E-state index in [0.29, 0.717) is 11.5 Å². The van der Waals surface area contributed by atoms with Gasteiger partial charge in [0.1, 0.15) is 6.54 Å². The maximum absolute atomic E-state index is 11.5. The first-order valence-corrected chi connectivity index (χ1v) is 7.25. The molecule has 7 heteroatoms. The molecule has 0 bridgehead atoms. The number of likely N-dealkylation sites (N-methyl/N-ethyl adjacent to an activating group) is 1. The minimum absolute atomic E-state index is 0.117. The van der Waals surface area contributed by atoms with Crippen molar-refractivity contribution in [3.63, 3.8) is 0 Å². The first-order valence-electron chi connectivity index (χ1n) is 7.25. The standard InChI is InChI=1S/C16H22N4O3/c1-10(17)11-5-13(16(23-4)14(6-11)22-3)12-7-19-20(8-12)9-15(21)18-2/h5-8,10H,9,17H2,1-4H3,(H,18,21)/t10-/m1/s1. The van der Waals surface area contributed by atoms with E-state index in [1.807, 2.05) is 19.1 Å². The molecule has 0 aliphatic rings. The zero-order chi connectivity index (χ0) is 17.0. The Bertz CT molecular complexity index is 695. The zero-order valence-electron chi connectivity index (χ0n) is 13.8. The van der Waals surface area contributed by atoms with Crippen LogP contribution in [0.4, 0.5) is 0 Å². The lowest BCUT2D eigenvalue weighted by atomic mass is 10.0. The number of benzene rings is 1. The minimum atomic E-state index is -0.144. The maximum Gasteiger partial charge on any atom is 0.241 e. The fourth-order valence-electron chi connectivity index (χ4n) is 2.28. The van der Waals surface area contributed by atoms with Crippen LogP contribution >= 0.6 is 0 Å². The Morgan fingerprint density at radius 2 is 2.13 bits per heavy atom. The van der Waals surface area contributed by atoms with Gasteiger partial charge in [0, 0.05) is 30.4 Å². The highest BCUT2D eigenvalue weighted by molar-refractivity contribution is 5.76. The van der Waals surface area contributed by atoms with Crippen molar-refractivity contribution in [2.75, 3.05) is 21.3 Å². The number of methoxy groups -OCH3 is 2. The Kier molecular flexibility index (Phi) is 5.23. The van der Waals surface area contributed by atoms with Crippen molar-refractivity contribution in [1.82, 2.24) is 15.1 Å². The molecule has 1 atom stereocenters. The van der Waals surface area contributed by atoms with E-state index in [1.54, 1.807) is 38.3 Å². The quantitative estimate of drug-likeness (QED) is 0.838. The van der Waals surface area contributed by atoms with Crippen LogP contribution < -0.4 is 20.5 Å². The number of aromatic nitrogens is 2. The van der Waals surface area contributed by atoms with Gasteiger partial charge in [0.15, 0.2) is 11.5 Å². The summed E-state index contributed by atoms with van der Waals surface area (Å²) in [5.74, 6) is 1.10. The van der Waals surface area contributed by atoms with Crippen molar-refractivity contribution >= 4 is 5.91 Å². The second kappa shape index (κ2) is 7.15. The topological polar surface area (TPSA) is 91.4 Å². The summed E-state index contributed by atoms with van der Waals surface area (Å²) in [5.41, 5.74) is 8.57. The van der Waals surface area contributed by atoms with Crippen molar-refractivity contribution < 1.29 is 14.3 Å². The molecule has 2 aromatic rings. The van der Waals surface area contributed by atoms with E-state index >= 15 is 0 Å². The van der Waals surface area contributed by atoms with E-state index in [-0.39, 0.29) is 18.5 Å². The lowest BCUT2D eigenvalue weighted by Gasteiger charge is -2.16. The Morgan fingerprint density at radius 1 is 1.39 bits per heavy atom. The van der Waals surface area contributed by atoms with Crippen LogP contribution in [0.25, 0.3) is 11.1 Å². The van der Waals surface area contributed by atoms with Crippen LogP contribution in [0.3, 0.4) is 0 Å². The second-order valence-electron chi connectivity index (χ2n) is 5.19. The molecule has 0 saturated carbocycles. The Labute approximate surface area is 135 Å². The Hall–Kier alpha value is -2.54. The van der Waals surface area contributed by atoms with Crippen molar-refractivity contribution in [2.24, 2.45) is 5.73 Å². The van der Waals surface area contributed by atoms with Gasteiger partial charge >= 0.3 is 0 Å². The highest BCUT2D eigenvalue weighted by Gasteiger charge is 2.17. The summed E-state index contributed by atoms with van der Waals surface area (Å²) in [6, 6.07) is 3.67. The number of carbonyl (C=O) groups is 1. The van der Waals surface area contributed by atoms with Gasteiger partial charge in [0.25, 0.3) is 0 Å². The fraction of sp³-hybridized carbons (Fsp3) is 0.375. The summed E-state index contributed by atoms with van der Waals surface area (Å²) in [6.45, 7) is 2.06. The number of nitrogens with one attached hydrogen (secondary N) is 1. The predicted octanol–water partition coefficient (Wildman–Crippen LogP) is 1.33. The molecular formula is C16H22N4O3. The first kappa shape index (κ1) is 16.8. The van der Waals surface area contributed by atoms with Gasteiger partial charge in [-0.15, -0.1) is 0 Å². The molecule has 0 aliphatic carbocycles. The minimum Gasteiger partial charge on any atom is -0.493 e. The van der Waals surface area contributed by atoms with E-state index in [2.05, 4.69) is 10.4 Å². The summed E-state index contributed by atoms with van der Waals surface area (Å²) >= 11 is 0. The number of carbonyl (C=O) groups excluding carboxylic acids is 1. The smallest absolute Gasteiger partial charge is 0.241 e. The van der Waals surface area contributed by atoms with Gasteiger partial charge in [-0.25, -0.2) is 0 Å². The molecule has 3 N–H and O–H groups in total. The largest absolute Gasteiger partial charge is 0.493 e. The maximum atomic E-state index is 11.5. The Balaban J connectivity index is 2.48. The van der Waals surface area contributed by atoms with Gasteiger partial charge in [-0.2, -0.15) is 5.10 Å². The fourth-order valence-corrected chi connectivity index (χ4v) is 2.28. The van der Waals surface area contributed by atoms with Gasteiger partial charge in [-0.05, 0) is 24.6 Å². The zero-order valence-corrected chi connectivity index (χ0v) is 13.8. The van der Waals surface area contributed by atoms with Crippen molar-refractivity contribution in [3.05, 3.63) is 30.1 Å². The van der Waals surface area contributed by atoms with Gasteiger partial charge in [0.05, 0.1) is 20.4 Å². The third kappa shape index (κ3) is 3.62. The van der Waals surface area contributed by atoms with E-state index in [0.717, 1.165) is 16.7 Å². The van der Waals surface area contributed by atoms with Crippen LogP contribution in [-0.4, -0.2) is 37.0 Å². The molecule has 23 heavy (non-hydrogen) atoms. The summed E-state index contributed by atoms with van der Waals surface area (Å²) in [4.78, 5) is 11.5. The predicted molar refractivity (Wildman–Crippen MR) is 87.4 cm³/mol. The van der Waals surface area contributed by atoms with Crippen molar-refractivity contribution in [1.29, 1.82) is 0 Å². The Morgan fingerprint density at radius 3 is 2.70 bits per heavy atom. The lowest BCUT2D eigenvalue weighted by molar-refractivity contribution is -0.121. The monoisotopic (exact) mass is 318 g/mol. The SMILES string of the molecule is CNC(=O)Cn1cc(-c2cc([C@@H](C)N)cc(OC)c2OC)cn1. The summed E-state index contributed by atoms with van der Waals surface area (Å²) in [5, 5.41) is 6.78. The molecule has 1 heterocycles. The van der Waals surface area contributed by atoms with Crippen molar-refractivity contribution in [2.45, 2.75) is 19.5 Å². The van der Waals surface area contributed by atoms with Crippen LogP contribution in [0.15, 0.2) is 24.5 Å². The van der Waals surface area contributed by atoms with E-state index in [1.165, 1.54) is 0 Å². The second-order valence-corrected chi connectivity index (χ2v) is 5.19. The van der Waals surface area contributed by atoms with Gasteiger partial charge < -0.3 is 20.5 Å². The lowest BCUT2D eigenvalue weighted by Crippen LogP contribution is -2.23. The molecule has 1 amide bonds. The summed E-state index contributed by atoms with van der Waals surface area (Å²) in [6.07, 6.45) is 3.47. The van der Waals surface area contributed by atoms with Crippen LogP contribution in [0.2, 0.25) is 0 Å². The third-order valence-corrected chi connectivity index (χ3v) is 3.56. The molecule has 1 aromatic carbocycles. The average molecular weight is 318 g/mol. The van der Waals surface area contributed by atoms with Gasteiger partial charge in [-0.3, -0.25) is 9.48 Å². The first-order chi connectivity index (χ1) is 11.0. The van der Waals surface area contributed by atoms with Crippen molar-refractivity contribution in [3.8, 4) is 22.6 Å². The molecular weight excluding hydrogens is 296 g/mol. The molecule has 124 valence electrons. The number of hydrogen-bond acceptors (Lipinski definition) is 5. The molecule has 2 rings (SSSR count). The van der Waals surface area contributed by atoms with E-state index in [4.69, 9.17) is 15.2 Å². The number of hydrogen-bond donors (Lipinski definition) is 2. The molecule has 0 aliphatic heterocycles. The molecule has 0 saturated heterocycles. The van der Waals surface area contributed by atoms with Crippen LogP contribution in [-0.2, 0) is 11.3 Å². The number of rotatable bonds is 6. The van der Waals surface area contributed by atoms with Crippen LogP contribution in [0.1, 0.15) is 18.5 Å². The molecule has 0 fully saturated rings. The molecule has 1 aromatic heterocycles. The number of nitrogens with zero attached hydrogens (tertiary/aromatic N) is 2. The highest BCUT2D eigenvalue weighted by Crippen LogP contribution is 2.40. The molecule has 0 spiro atoms. The number of nitrogens with two attached hydrogens (primary N) is 1. The van der Waals surface area contributed by atoms with Crippen LogP contribution in [0.5, 0.6) is 11.5 Å². The number of ether oxygens (including phenoxy) is 2. The summed E-state index contributed by atoms with van der Waals surface area (Å²) < 4.78 is 12.5. The van der Waals surface area contributed by atoms with Gasteiger partial charge in [0.2, 0.25) is 5.91 Å². The van der Waals surface area contributed by atoms with Crippen LogP contribution in [0, 0.1) is 0 Å². The summed E-state index contributed by atoms with van der Waals surface area (Å²) in [7, 11) is 4.76. The van der Waals surface area contributed by atoms with Gasteiger partial charge in [-0.1, -0.05) is 0 Å². The molecule has 0 unspecified atom stereocenters. The highest BCUT2D eigenvalue weighted by atomic mass is 16.5. The molecule has 0 radical (unpaired) electrons. The molecule has 7 nitrogen and oxygen atoms in total. The van der Waals surface area contributed by atoms with E-state index in [9.17, 15) is 4.79 Å². The normalized spacial score (nSPS) is 11.9. The number of amides is 1. The average Bonchev–Trinajstić information content (AvgIpc) is 3.01. The third-order valence-electron chi connectivity index (χ3n) is 3.56.